The van der Waals surface area contributed by atoms with Gasteiger partial charge in [-0.2, -0.15) is 10.5 Å². The fraction of sp³-hybridized carbons (Fsp3) is 0.214. The maximum atomic E-state index is 13.5. The number of carbonyl (C=O) groups excluding carboxylic acids is 2. The van der Waals surface area contributed by atoms with E-state index in [1.54, 1.807) is 50.2 Å². The van der Waals surface area contributed by atoms with Gasteiger partial charge in [0.25, 0.3) is 0 Å². The molecule has 1 aromatic heterocycles. The third-order valence-electron chi connectivity index (χ3n) is 5.82. The summed E-state index contributed by atoms with van der Waals surface area (Å²) in [6, 6.07) is 21.5. The first kappa shape index (κ1) is 23.5. The highest BCUT2D eigenvalue weighted by molar-refractivity contribution is 6.07. The molecule has 0 aliphatic rings. The van der Waals surface area contributed by atoms with Gasteiger partial charge < -0.3 is 13.9 Å². The number of hydrogen-bond donors (Lipinski definition) is 0. The first-order valence-electron chi connectivity index (χ1n) is 11.2. The molecule has 0 atom stereocenters. The Morgan fingerprint density at radius 3 is 2.03 bits per heavy atom. The number of nitriles is 2. The number of fused-ring (bicyclic) bond motifs is 2. The van der Waals surface area contributed by atoms with Crippen molar-refractivity contribution < 1.29 is 23.5 Å². The molecule has 0 fully saturated rings. The Morgan fingerprint density at radius 1 is 0.800 bits per heavy atom. The molecule has 7 nitrogen and oxygen atoms in total. The van der Waals surface area contributed by atoms with E-state index in [4.69, 9.17) is 13.9 Å². The molecule has 0 bridgehead atoms. The lowest BCUT2D eigenvalue weighted by molar-refractivity contribution is -0.165. The van der Waals surface area contributed by atoms with Crippen molar-refractivity contribution in [3.8, 4) is 12.1 Å². The van der Waals surface area contributed by atoms with Crippen molar-refractivity contribution >= 4 is 33.7 Å². The summed E-state index contributed by atoms with van der Waals surface area (Å²) in [7, 11) is 0. The molecule has 4 rings (SSSR count). The second kappa shape index (κ2) is 9.70. The van der Waals surface area contributed by atoms with Crippen LogP contribution in [0.4, 0.5) is 0 Å². The molecule has 7 heteroatoms. The summed E-state index contributed by atoms with van der Waals surface area (Å²) in [5, 5.41) is 20.8. The average Bonchev–Trinajstić information content (AvgIpc) is 3.30. The largest absolute Gasteiger partial charge is 0.465 e. The molecule has 0 unspecified atom stereocenters. The number of esters is 2. The fourth-order valence-electron chi connectivity index (χ4n) is 4.13. The quantitative estimate of drug-likeness (QED) is 0.280. The molecule has 4 aromatic rings. The number of ether oxygens (including phenoxy) is 2. The van der Waals surface area contributed by atoms with Crippen molar-refractivity contribution in [2.24, 2.45) is 0 Å². The van der Waals surface area contributed by atoms with E-state index < -0.39 is 17.4 Å². The zero-order valence-corrected chi connectivity index (χ0v) is 19.3. The highest BCUT2D eigenvalue weighted by Crippen LogP contribution is 2.37. The molecule has 0 radical (unpaired) electrons. The van der Waals surface area contributed by atoms with Crippen LogP contribution in [0.1, 0.15) is 36.3 Å². The fourth-order valence-corrected chi connectivity index (χ4v) is 4.13. The molecule has 0 aliphatic carbocycles. The molecule has 174 valence electrons. The minimum absolute atomic E-state index is 0.0576. The lowest BCUT2D eigenvalue weighted by Crippen LogP contribution is -2.48. The number of furan rings is 1. The third-order valence-corrected chi connectivity index (χ3v) is 5.82. The van der Waals surface area contributed by atoms with Crippen molar-refractivity contribution in [2.45, 2.75) is 25.7 Å². The lowest BCUT2D eigenvalue weighted by atomic mass is 9.78. The van der Waals surface area contributed by atoms with Gasteiger partial charge >= 0.3 is 11.9 Å². The molecule has 0 spiro atoms. The van der Waals surface area contributed by atoms with Gasteiger partial charge in [-0.25, -0.2) is 0 Å². The smallest absolute Gasteiger partial charge is 0.331 e. The first-order chi connectivity index (χ1) is 16.9. The van der Waals surface area contributed by atoms with Gasteiger partial charge in [0.05, 0.1) is 36.5 Å². The molecular formula is C28H22N2O5. The summed E-state index contributed by atoms with van der Waals surface area (Å²) in [5.41, 5.74) is 0.104. The molecule has 35 heavy (non-hydrogen) atoms. The van der Waals surface area contributed by atoms with Crippen LogP contribution in [0.2, 0.25) is 0 Å². The SMILES string of the molecule is CCOC(=O)C(Cc1ccc2ccc(C#N)cc2c1)(C(=O)OCC)c1cc2cc(C#N)ccc2o1. The van der Waals surface area contributed by atoms with Crippen molar-refractivity contribution in [2.75, 3.05) is 13.2 Å². The van der Waals surface area contributed by atoms with Crippen LogP contribution in [0.3, 0.4) is 0 Å². The Balaban J connectivity index is 1.92. The van der Waals surface area contributed by atoms with Crippen LogP contribution in [0.25, 0.3) is 21.7 Å². The van der Waals surface area contributed by atoms with Gasteiger partial charge in [-0.3, -0.25) is 9.59 Å². The number of hydrogen-bond acceptors (Lipinski definition) is 7. The zero-order chi connectivity index (χ0) is 25.0. The number of nitrogens with zero attached hydrogens (tertiary/aromatic N) is 2. The van der Waals surface area contributed by atoms with Gasteiger partial charge in [0, 0.05) is 11.8 Å². The van der Waals surface area contributed by atoms with Gasteiger partial charge in [-0.05, 0) is 66.6 Å². The summed E-state index contributed by atoms with van der Waals surface area (Å²) in [5.74, 6) is -1.50. The van der Waals surface area contributed by atoms with E-state index in [9.17, 15) is 20.1 Å². The molecule has 3 aromatic carbocycles. The second-order valence-corrected chi connectivity index (χ2v) is 8.01. The Kier molecular flexibility index (Phi) is 6.53. The molecule has 0 N–H and O–H groups in total. The predicted octanol–water partition coefficient (Wildman–Crippen LogP) is 4.94. The normalized spacial score (nSPS) is 11.1. The minimum atomic E-state index is -1.90. The summed E-state index contributed by atoms with van der Waals surface area (Å²) in [6.45, 7) is 3.43. The van der Waals surface area contributed by atoms with Gasteiger partial charge in [-0.1, -0.05) is 24.3 Å². The number of rotatable bonds is 7. The van der Waals surface area contributed by atoms with E-state index in [1.165, 1.54) is 0 Å². The molecule has 0 saturated heterocycles. The van der Waals surface area contributed by atoms with Gasteiger partial charge in [0.1, 0.15) is 11.3 Å². The number of benzene rings is 3. The van der Waals surface area contributed by atoms with Crippen molar-refractivity contribution in [3.63, 3.8) is 0 Å². The Bertz CT molecular complexity index is 1500. The zero-order valence-electron chi connectivity index (χ0n) is 19.3. The lowest BCUT2D eigenvalue weighted by Gasteiger charge is -2.27. The maximum Gasteiger partial charge on any atom is 0.331 e. The highest BCUT2D eigenvalue weighted by Gasteiger charge is 2.53. The maximum absolute atomic E-state index is 13.5. The van der Waals surface area contributed by atoms with Crippen LogP contribution >= 0.6 is 0 Å². The van der Waals surface area contributed by atoms with Crippen molar-refractivity contribution in [1.82, 2.24) is 0 Å². The van der Waals surface area contributed by atoms with Crippen LogP contribution in [0.15, 0.2) is 65.1 Å². The van der Waals surface area contributed by atoms with Crippen LogP contribution < -0.4 is 0 Å². The van der Waals surface area contributed by atoms with Crippen molar-refractivity contribution in [1.29, 1.82) is 10.5 Å². The molecule has 0 aliphatic heterocycles. The topological polar surface area (TPSA) is 113 Å². The summed E-state index contributed by atoms with van der Waals surface area (Å²) < 4.78 is 16.8. The monoisotopic (exact) mass is 466 g/mol. The third kappa shape index (κ3) is 4.32. The Labute approximate surface area is 202 Å². The van der Waals surface area contributed by atoms with Gasteiger partial charge in [0.2, 0.25) is 5.41 Å². The van der Waals surface area contributed by atoms with Crippen LogP contribution in [0, 0.1) is 22.7 Å². The predicted molar refractivity (Wildman–Crippen MR) is 128 cm³/mol. The summed E-state index contributed by atoms with van der Waals surface area (Å²) in [6.07, 6.45) is -0.0810. The first-order valence-corrected chi connectivity index (χ1v) is 11.2. The summed E-state index contributed by atoms with van der Waals surface area (Å²) >= 11 is 0. The van der Waals surface area contributed by atoms with E-state index in [0.29, 0.717) is 27.7 Å². The molecule has 0 saturated carbocycles. The number of carbonyl (C=O) groups is 2. The van der Waals surface area contributed by atoms with Crippen LogP contribution in [-0.4, -0.2) is 25.2 Å². The average molecular weight is 466 g/mol. The molecule has 1 heterocycles. The Morgan fingerprint density at radius 2 is 1.40 bits per heavy atom. The Hall–Kier alpha value is -4.62. The van der Waals surface area contributed by atoms with E-state index in [2.05, 4.69) is 12.1 Å². The van der Waals surface area contributed by atoms with Gasteiger partial charge in [0.15, 0.2) is 0 Å². The van der Waals surface area contributed by atoms with E-state index in [1.807, 2.05) is 24.3 Å². The van der Waals surface area contributed by atoms with Crippen LogP contribution in [0.5, 0.6) is 0 Å². The summed E-state index contributed by atoms with van der Waals surface area (Å²) in [4.78, 5) is 26.9. The van der Waals surface area contributed by atoms with Crippen molar-refractivity contribution in [3.05, 3.63) is 83.1 Å². The molecular weight excluding hydrogens is 444 g/mol. The molecule has 0 amide bonds. The minimum Gasteiger partial charge on any atom is -0.465 e. The van der Waals surface area contributed by atoms with Crippen LogP contribution in [-0.2, 0) is 30.9 Å². The van der Waals surface area contributed by atoms with E-state index in [-0.39, 0.29) is 25.4 Å². The second-order valence-electron chi connectivity index (χ2n) is 8.01. The van der Waals surface area contributed by atoms with E-state index >= 15 is 0 Å². The highest BCUT2D eigenvalue weighted by atomic mass is 16.6. The standard InChI is InChI=1S/C28H22N2O5/c1-3-33-26(31)28(27(32)34-4-2,25-14-23-13-20(17-30)7-10-24(23)35-25)15-18-5-8-21-9-6-19(16-29)12-22(21)11-18/h5-14H,3-4,15H2,1-2H3. The van der Waals surface area contributed by atoms with Gasteiger partial charge in [-0.15, -0.1) is 0 Å². The van der Waals surface area contributed by atoms with E-state index in [0.717, 1.165) is 10.8 Å².